The topological polar surface area (TPSA) is 77.6 Å². The molecule has 34 heavy (non-hydrogen) atoms. The summed E-state index contributed by atoms with van der Waals surface area (Å²) in [4.78, 5) is 34.6. The van der Waals surface area contributed by atoms with Crippen molar-refractivity contribution in [1.82, 2.24) is 20.5 Å². The lowest BCUT2D eigenvalue weighted by Crippen LogP contribution is -2.67. The lowest BCUT2D eigenvalue weighted by Gasteiger charge is -2.51. The van der Waals surface area contributed by atoms with E-state index in [1.54, 1.807) is 11.1 Å². The van der Waals surface area contributed by atoms with Gasteiger partial charge in [0.05, 0.1) is 29.2 Å². The van der Waals surface area contributed by atoms with Crippen molar-refractivity contribution in [1.29, 1.82) is 0 Å². The number of pyridine rings is 1. The fourth-order valence-electron chi connectivity index (χ4n) is 5.17. The van der Waals surface area contributed by atoms with E-state index in [0.29, 0.717) is 31.1 Å². The molecule has 182 valence electrons. The zero-order valence-corrected chi connectivity index (χ0v) is 20.9. The van der Waals surface area contributed by atoms with Gasteiger partial charge in [0, 0.05) is 43.6 Å². The number of hydrogen-bond acceptors (Lipinski definition) is 5. The summed E-state index contributed by atoms with van der Waals surface area (Å²) >= 11 is 6.39. The van der Waals surface area contributed by atoms with Gasteiger partial charge >= 0.3 is 0 Å². The number of nitrogens with one attached hydrogen (secondary N) is 2. The zero-order chi connectivity index (χ0) is 24.3. The van der Waals surface area contributed by atoms with E-state index >= 15 is 0 Å². The first kappa shape index (κ1) is 24.6. The molecule has 0 bridgehead atoms. The summed E-state index contributed by atoms with van der Waals surface area (Å²) in [5.74, 6) is -0.0784. The normalized spacial score (nSPS) is 24.0. The number of carbonyl (C=O) groups excluding carboxylic acids is 2. The van der Waals surface area contributed by atoms with E-state index in [-0.39, 0.29) is 35.4 Å². The summed E-state index contributed by atoms with van der Waals surface area (Å²) in [7, 11) is 0. The SMILES string of the molecule is CC[C@@H](NC(=O)[C@@H]1CNC[C@H](N2CC(=O)N(c3ccccc3Cl)CC2(C)C)C1)c1cccnc1. The minimum atomic E-state index is -0.264. The third-order valence-corrected chi connectivity index (χ3v) is 7.34. The number of amides is 2. The fourth-order valence-corrected chi connectivity index (χ4v) is 5.41. The summed E-state index contributed by atoms with van der Waals surface area (Å²) in [6.07, 6.45) is 5.06. The number of aromatic nitrogens is 1. The summed E-state index contributed by atoms with van der Waals surface area (Å²) < 4.78 is 0. The molecule has 2 aliphatic rings. The Morgan fingerprint density at radius 3 is 2.76 bits per heavy atom. The van der Waals surface area contributed by atoms with Crippen LogP contribution in [0.3, 0.4) is 0 Å². The minimum Gasteiger partial charge on any atom is -0.349 e. The molecule has 2 N–H and O–H groups in total. The van der Waals surface area contributed by atoms with Crippen LogP contribution in [0, 0.1) is 5.92 Å². The van der Waals surface area contributed by atoms with Crippen LogP contribution in [-0.2, 0) is 9.59 Å². The first-order valence-corrected chi connectivity index (χ1v) is 12.4. The number of nitrogens with zero attached hydrogens (tertiary/aromatic N) is 3. The summed E-state index contributed by atoms with van der Waals surface area (Å²) in [6, 6.07) is 11.4. The van der Waals surface area contributed by atoms with Crippen molar-refractivity contribution < 1.29 is 9.59 Å². The van der Waals surface area contributed by atoms with E-state index in [2.05, 4.69) is 41.3 Å². The van der Waals surface area contributed by atoms with Crippen molar-refractivity contribution in [2.24, 2.45) is 5.92 Å². The van der Waals surface area contributed by atoms with E-state index in [0.717, 1.165) is 24.2 Å². The van der Waals surface area contributed by atoms with Crippen LogP contribution in [0.25, 0.3) is 0 Å². The highest BCUT2D eigenvalue weighted by atomic mass is 35.5. The number of halogens is 1. The summed E-state index contributed by atoms with van der Waals surface area (Å²) in [5, 5.41) is 7.23. The van der Waals surface area contributed by atoms with Crippen LogP contribution in [0.2, 0.25) is 5.02 Å². The second-order valence-electron chi connectivity index (χ2n) is 9.87. The fraction of sp³-hybridized carbons (Fsp3) is 0.500. The zero-order valence-electron chi connectivity index (χ0n) is 20.1. The smallest absolute Gasteiger partial charge is 0.241 e. The molecular formula is C26H34ClN5O2. The second kappa shape index (κ2) is 10.4. The van der Waals surface area contributed by atoms with E-state index in [4.69, 9.17) is 11.6 Å². The maximum Gasteiger partial charge on any atom is 0.241 e. The number of carbonyl (C=O) groups is 2. The highest BCUT2D eigenvalue weighted by molar-refractivity contribution is 6.33. The highest BCUT2D eigenvalue weighted by Crippen LogP contribution is 2.33. The van der Waals surface area contributed by atoms with E-state index in [9.17, 15) is 9.59 Å². The number of benzene rings is 1. The molecule has 1 aromatic heterocycles. The third kappa shape index (κ3) is 5.27. The van der Waals surface area contributed by atoms with Crippen molar-refractivity contribution in [3.63, 3.8) is 0 Å². The molecule has 2 amide bonds. The molecule has 2 aliphatic heterocycles. The Kier molecular flexibility index (Phi) is 7.55. The minimum absolute atomic E-state index is 0.0293. The van der Waals surface area contributed by atoms with Crippen LogP contribution < -0.4 is 15.5 Å². The van der Waals surface area contributed by atoms with Crippen LogP contribution >= 0.6 is 11.6 Å². The predicted molar refractivity (Wildman–Crippen MR) is 135 cm³/mol. The number of anilines is 1. The van der Waals surface area contributed by atoms with Crippen molar-refractivity contribution in [2.45, 2.75) is 51.2 Å². The molecule has 0 radical (unpaired) electrons. The monoisotopic (exact) mass is 483 g/mol. The first-order valence-electron chi connectivity index (χ1n) is 12.0. The van der Waals surface area contributed by atoms with Crippen LogP contribution in [-0.4, -0.2) is 59.5 Å². The Hall–Kier alpha value is -2.48. The van der Waals surface area contributed by atoms with Gasteiger partial charge in [0.15, 0.2) is 0 Å². The largest absolute Gasteiger partial charge is 0.349 e. The quantitative estimate of drug-likeness (QED) is 0.658. The lowest BCUT2D eigenvalue weighted by atomic mass is 9.88. The van der Waals surface area contributed by atoms with Gasteiger partial charge in [-0.1, -0.05) is 36.7 Å². The van der Waals surface area contributed by atoms with Crippen molar-refractivity contribution in [2.75, 3.05) is 31.1 Å². The van der Waals surface area contributed by atoms with Gasteiger partial charge < -0.3 is 15.5 Å². The standard InChI is InChI=1S/C26H34ClN5O2/c1-4-22(18-8-7-11-28-13-18)30-25(34)19-12-20(15-29-14-19)32-16-24(33)31(17-26(32,2)3)23-10-6-5-9-21(23)27/h5-11,13,19-20,22,29H,4,12,14-17H2,1-3H3,(H,30,34)/t19-,20+,22+/m0/s1. The number of piperidine rings is 1. The van der Waals surface area contributed by atoms with Crippen LogP contribution in [0.5, 0.6) is 0 Å². The third-order valence-electron chi connectivity index (χ3n) is 7.02. The van der Waals surface area contributed by atoms with E-state index in [1.165, 1.54) is 0 Å². The molecule has 0 spiro atoms. The summed E-state index contributed by atoms with van der Waals surface area (Å²) in [6.45, 7) is 8.61. The van der Waals surface area contributed by atoms with Crippen LogP contribution in [0.1, 0.15) is 45.2 Å². The molecular weight excluding hydrogens is 450 g/mol. The van der Waals surface area contributed by atoms with Crippen LogP contribution in [0.15, 0.2) is 48.8 Å². The van der Waals surface area contributed by atoms with Gasteiger partial charge in [-0.2, -0.15) is 0 Å². The number of para-hydroxylation sites is 1. The molecule has 0 unspecified atom stereocenters. The Bertz CT molecular complexity index is 1020. The number of rotatable bonds is 6. The van der Waals surface area contributed by atoms with Crippen molar-refractivity contribution in [3.8, 4) is 0 Å². The van der Waals surface area contributed by atoms with E-state index in [1.807, 2.05) is 42.6 Å². The predicted octanol–water partition coefficient (Wildman–Crippen LogP) is 3.41. The van der Waals surface area contributed by atoms with Crippen LogP contribution in [0.4, 0.5) is 5.69 Å². The van der Waals surface area contributed by atoms with Crippen molar-refractivity contribution in [3.05, 3.63) is 59.4 Å². The molecule has 1 aromatic carbocycles. The molecule has 2 saturated heterocycles. The average molecular weight is 484 g/mol. The van der Waals surface area contributed by atoms with Gasteiger partial charge in [-0.15, -0.1) is 0 Å². The van der Waals surface area contributed by atoms with Gasteiger partial charge in [0.1, 0.15) is 0 Å². The Morgan fingerprint density at radius 2 is 2.06 bits per heavy atom. The molecule has 0 saturated carbocycles. The molecule has 7 nitrogen and oxygen atoms in total. The molecule has 4 rings (SSSR count). The van der Waals surface area contributed by atoms with E-state index < -0.39 is 0 Å². The van der Waals surface area contributed by atoms with Gasteiger partial charge in [-0.3, -0.25) is 19.5 Å². The number of hydrogen-bond donors (Lipinski definition) is 2. The maximum absolute atomic E-state index is 13.2. The first-order chi connectivity index (χ1) is 16.3. The lowest BCUT2D eigenvalue weighted by molar-refractivity contribution is -0.129. The van der Waals surface area contributed by atoms with Gasteiger partial charge in [-0.25, -0.2) is 0 Å². The molecule has 0 aliphatic carbocycles. The molecule has 3 atom stereocenters. The maximum atomic E-state index is 13.2. The molecule has 3 heterocycles. The Morgan fingerprint density at radius 1 is 1.26 bits per heavy atom. The Balaban J connectivity index is 1.44. The van der Waals surface area contributed by atoms with Crippen molar-refractivity contribution >= 4 is 29.1 Å². The summed E-state index contributed by atoms with van der Waals surface area (Å²) in [5.41, 5.74) is 1.50. The molecule has 8 heteroatoms. The average Bonchev–Trinajstić information content (AvgIpc) is 2.84. The van der Waals surface area contributed by atoms with Gasteiger partial charge in [0.2, 0.25) is 11.8 Å². The Labute approximate surface area is 206 Å². The number of piperazine rings is 1. The molecule has 2 aromatic rings. The van der Waals surface area contributed by atoms with Gasteiger partial charge in [0.25, 0.3) is 0 Å². The molecule has 2 fully saturated rings. The second-order valence-corrected chi connectivity index (χ2v) is 10.3. The highest BCUT2D eigenvalue weighted by Gasteiger charge is 2.44. The van der Waals surface area contributed by atoms with Gasteiger partial charge in [-0.05, 0) is 50.5 Å².